The van der Waals surface area contributed by atoms with Crippen LogP contribution in [0.1, 0.15) is 27.2 Å². The van der Waals surface area contributed by atoms with Crippen molar-refractivity contribution in [3.05, 3.63) is 0 Å². The summed E-state index contributed by atoms with van der Waals surface area (Å²) in [4.78, 5) is 12.8. The minimum Gasteiger partial charge on any atom is -0.444 e. The minimum absolute atomic E-state index is 0.128. The van der Waals surface area contributed by atoms with E-state index in [-0.39, 0.29) is 13.0 Å². The molecule has 0 spiro atoms. The van der Waals surface area contributed by atoms with Crippen molar-refractivity contribution < 1.29 is 22.7 Å². The molecule has 2 atom stereocenters. The van der Waals surface area contributed by atoms with E-state index in [1.165, 1.54) is 0 Å². The van der Waals surface area contributed by atoms with Gasteiger partial charge in [0.2, 0.25) is 0 Å². The van der Waals surface area contributed by atoms with Crippen molar-refractivity contribution in [3.63, 3.8) is 0 Å². The van der Waals surface area contributed by atoms with E-state index in [0.29, 0.717) is 0 Å². The van der Waals surface area contributed by atoms with Crippen molar-refractivity contribution in [2.45, 2.75) is 45.0 Å². The highest BCUT2D eigenvalue weighted by Gasteiger charge is 2.47. The Hall–Kier alpha value is -0.980. The van der Waals surface area contributed by atoms with Crippen molar-refractivity contribution in [2.24, 2.45) is 11.7 Å². The fourth-order valence-corrected chi connectivity index (χ4v) is 1.81. The summed E-state index contributed by atoms with van der Waals surface area (Å²) in [5.74, 6) is -1.68. The fourth-order valence-electron chi connectivity index (χ4n) is 1.81. The van der Waals surface area contributed by atoms with Crippen LogP contribution < -0.4 is 5.73 Å². The minimum atomic E-state index is -4.39. The van der Waals surface area contributed by atoms with E-state index in [9.17, 15) is 18.0 Å². The van der Waals surface area contributed by atoms with Crippen LogP contribution in [0.4, 0.5) is 18.0 Å². The van der Waals surface area contributed by atoms with Gasteiger partial charge in [-0.3, -0.25) is 0 Å². The molecule has 0 aromatic rings. The summed E-state index contributed by atoms with van der Waals surface area (Å²) in [6, 6.07) is -0.955. The summed E-state index contributed by atoms with van der Waals surface area (Å²) in [5, 5.41) is 0. The molecule has 1 heterocycles. The monoisotopic (exact) mass is 268 g/mol. The Kier molecular flexibility index (Phi) is 4.15. The number of hydrogen-bond donors (Lipinski definition) is 1. The van der Waals surface area contributed by atoms with Gasteiger partial charge in [0.05, 0.1) is 5.92 Å². The molecule has 7 heteroatoms. The van der Waals surface area contributed by atoms with Gasteiger partial charge in [0.15, 0.2) is 0 Å². The van der Waals surface area contributed by atoms with Crippen molar-refractivity contribution in [2.75, 3.05) is 13.1 Å². The predicted molar refractivity (Wildman–Crippen MR) is 59.9 cm³/mol. The Morgan fingerprint density at radius 3 is 2.33 bits per heavy atom. The van der Waals surface area contributed by atoms with Crippen LogP contribution in [0.5, 0.6) is 0 Å². The highest BCUT2D eigenvalue weighted by molar-refractivity contribution is 5.68. The molecule has 0 aromatic carbocycles. The van der Waals surface area contributed by atoms with Gasteiger partial charge in [-0.15, -0.1) is 0 Å². The lowest BCUT2D eigenvalue weighted by atomic mass is 9.92. The van der Waals surface area contributed by atoms with Crippen molar-refractivity contribution in [1.82, 2.24) is 4.90 Å². The van der Waals surface area contributed by atoms with Gasteiger partial charge in [0, 0.05) is 19.1 Å². The van der Waals surface area contributed by atoms with Gasteiger partial charge in [0.25, 0.3) is 0 Å². The van der Waals surface area contributed by atoms with Gasteiger partial charge in [-0.2, -0.15) is 13.2 Å². The Morgan fingerprint density at radius 1 is 1.33 bits per heavy atom. The molecule has 0 unspecified atom stereocenters. The third-order valence-electron chi connectivity index (χ3n) is 2.74. The topological polar surface area (TPSA) is 55.6 Å². The zero-order valence-electron chi connectivity index (χ0n) is 10.8. The molecule has 4 nitrogen and oxygen atoms in total. The van der Waals surface area contributed by atoms with E-state index in [1.54, 1.807) is 20.8 Å². The molecule has 1 aliphatic rings. The van der Waals surface area contributed by atoms with Crippen LogP contribution in [-0.4, -0.2) is 41.9 Å². The maximum Gasteiger partial charge on any atom is 0.410 e. The number of rotatable bonds is 0. The molecule has 0 bridgehead atoms. The number of ether oxygens (including phenoxy) is 1. The van der Waals surface area contributed by atoms with Crippen LogP contribution in [0, 0.1) is 5.92 Å². The normalized spacial score (nSPS) is 26.1. The number of halogens is 3. The molecule has 1 saturated heterocycles. The van der Waals surface area contributed by atoms with Crippen molar-refractivity contribution >= 4 is 6.09 Å². The summed E-state index contributed by atoms with van der Waals surface area (Å²) < 4.78 is 43.2. The van der Waals surface area contributed by atoms with Gasteiger partial charge in [-0.25, -0.2) is 4.79 Å². The number of carbonyl (C=O) groups excluding carboxylic acids is 1. The standard InChI is InChI=1S/C11H19F3N2O2/c1-10(2,3)18-9(17)16-5-4-8(15)7(6-16)11(12,13)14/h7-8H,4-6,15H2,1-3H3/t7-,8-/m0/s1. The smallest absolute Gasteiger partial charge is 0.410 e. The second-order valence-electron chi connectivity index (χ2n) is 5.53. The predicted octanol–water partition coefficient (Wildman–Crippen LogP) is 2.13. The number of amides is 1. The van der Waals surface area contributed by atoms with Gasteiger partial charge in [0.1, 0.15) is 5.60 Å². The summed E-state index contributed by atoms with van der Waals surface area (Å²) >= 11 is 0. The molecule has 1 rings (SSSR count). The van der Waals surface area contributed by atoms with Gasteiger partial charge in [-0.1, -0.05) is 0 Å². The summed E-state index contributed by atoms with van der Waals surface area (Å²) in [7, 11) is 0. The zero-order valence-corrected chi connectivity index (χ0v) is 10.8. The van der Waals surface area contributed by atoms with E-state index in [4.69, 9.17) is 10.5 Å². The van der Waals surface area contributed by atoms with E-state index in [1.807, 2.05) is 0 Å². The zero-order chi connectivity index (χ0) is 14.1. The third kappa shape index (κ3) is 4.04. The first-order valence-electron chi connectivity index (χ1n) is 5.81. The second kappa shape index (κ2) is 4.95. The summed E-state index contributed by atoms with van der Waals surface area (Å²) in [5.41, 5.74) is 4.74. The molecule has 106 valence electrons. The SMILES string of the molecule is CC(C)(C)OC(=O)N1CC[C@H](N)[C@@H](C(F)(F)F)C1. The van der Waals surface area contributed by atoms with E-state index < -0.39 is 36.4 Å². The average Bonchev–Trinajstić information content (AvgIpc) is 2.13. The quantitative estimate of drug-likeness (QED) is 0.732. The lowest BCUT2D eigenvalue weighted by Crippen LogP contribution is -2.54. The van der Waals surface area contributed by atoms with E-state index in [2.05, 4.69) is 0 Å². The Morgan fingerprint density at radius 2 is 1.89 bits per heavy atom. The molecular formula is C11H19F3N2O2. The van der Waals surface area contributed by atoms with E-state index >= 15 is 0 Å². The Bertz CT molecular complexity index is 312. The molecule has 1 aliphatic heterocycles. The van der Waals surface area contributed by atoms with Gasteiger partial charge < -0.3 is 15.4 Å². The van der Waals surface area contributed by atoms with Crippen LogP contribution in [0.3, 0.4) is 0 Å². The molecule has 2 N–H and O–H groups in total. The molecule has 0 aliphatic carbocycles. The molecule has 1 amide bonds. The first-order chi connectivity index (χ1) is 8.00. The summed E-state index contributed by atoms with van der Waals surface area (Å²) in [6.07, 6.45) is -4.98. The number of nitrogens with zero attached hydrogens (tertiary/aromatic N) is 1. The second-order valence-corrected chi connectivity index (χ2v) is 5.53. The van der Waals surface area contributed by atoms with Crippen LogP contribution >= 0.6 is 0 Å². The van der Waals surface area contributed by atoms with Crippen LogP contribution in [-0.2, 0) is 4.74 Å². The average molecular weight is 268 g/mol. The third-order valence-corrected chi connectivity index (χ3v) is 2.74. The molecule has 18 heavy (non-hydrogen) atoms. The number of hydrogen-bond acceptors (Lipinski definition) is 3. The Balaban J connectivity index is 2.68. The van der Waals surface area contributed by atoms with Crippen molar-refractivity contribution in [1.29, 1.82) is 0 Å². The highest BCUT2D eigenvalue weighted by atomic mass is 19.4. The van der Waals surface area contributed by atoms with Crippen LogP contribution in [0.15, 0.2) is 0 Å². The first kappa shape index (κ1) is 15.1. The molecule has 0 radical (unpaired) electrons. The van der Waals surface area contributed by atoms with Crippen LogP contribution in [0.25, 0.3) is 0 Å². The lowest BCUT2D eigenvalue weighted by molar-refractivity contribution is -0.189. The molecular weight excluding hydrogens is 249 g/mol. The first-order valence-corrected chi connectivity index (χ1v) is 5.81. The molecule has 0 saturated carbocycles. The number of alkyl halides is 3. The number of nitrogens with two attached hydrogens (primary N) is 1. The maximum absolute atomic E-state index is 12.7. The van der Waals surface area contributed by atoms with E-state index in [0.717, 1.165) is 4.90 Å². The number of piperidine rings is 1. The number of likely N-dealkylation sites (tertiary alicyclic amines) is 1. The largest absolute Gasteiger partial charge is 0.444 e. The van der Waals surface area contributed by atoms with Crippen molar-refractivity contribution in [3.8, 4) is 0 Å². The maximum atomic E-state index is 12.7. The Labute approximate surface area is 104 Å². The van der Waals surface area contributed by atoms with Gasteiger partial charge >= 0.3 is 12.3 Å². The number of carbonyl (C=O) groups is 1. The summed E-state index contributed by atoms with van der Waals surface area (Å²) in [6.45, 7) is 4.77. The molecule has 0 aromatic heterocycles. The molecule has 1 fully saturated rings. The van der Waals surface area contributed by atoms with Gasteiger partial charge in [-0.05, 0) is 27.2 Å². The highest BCUT2D eigenvalue weighted by Crippen LogP contribution is 2.33. The fraction of sp³-hybridized carbons (Fsp3) is 0.909. The van der Waals surface area contributed by atoms with Crippen LogP contribution in [0.2, 0.25) is 0 Å². The lowest BCUT2D eigenvalue weighted by Gasteiger charge is -2.38.